The van der Waals surface area contributed by atoms with Crippen LogP contribution in [0.1, 0.15) is 13.8 Å². The smallest absolute Gasteiger partial charge is 0.326 e. The molecule has 0 bridgehead atoms. The molecule has 0 aromatic carbocycles. The van der Waals surface area contributed by atoms with E-state index in [1.807, 2.05) is 0 Å². The lowest BCUT2D eigenvalue weighted by Crippen LogP contribution is -2.27. The van der Waals surface area contributed by atoms with Gasteiger partial charge in [-0.15, -0.1) is 0 Å². The van der Waals surface area contributed by atoms with Crippen molar-refractivity contribution in [2.24, 2.45) is 5.92 Å². The zero-order valence-corrected chi connectivity index (χ0v) is 5.92. The van der Waals surface area contributed by atoms with Gasteiger partial charge in [-0.1, -0.05) is 13.8 Å². The summed E-state index contributed by atoms with van der Waals surface area (Å²) in [6, 6.07) is 0. The minimum atomic E-state index is -0.977. The van der Waals surface area contributed by atoms with Crippen molar-refractivity contribution in [3.63, 3.8) is 0 Å². The molecule has 4 heteroatoms. The highest BCUT2D eigenvalue weighted by Crippen LogP contribution is 2.01. The molecule has 0 rings (SSSR count). The second-order valence-corrected chi connectivity index (χ2v) is 2.21. The predicted octanol–water partition coefficient (Wildman–Crippen LogP) is -0.905. The van der Waals surface area contributed by atoms with Gasteiger partial charge >= 0.3 is 14.0 Å². The van der Waals surface area contributed by atoms with E-state index in [4.69, 9.17) is 5.11 Å². The Morgan fingerprint density at radius 1 is 1.67 bits per heavy atom. The van der Waals surface area contributed by atoms with E-state index in [0.29, 0.717) is 0 Å². The third kappa shape index (κ3) is 2.51. The van der Waals surface area contributed by atoms with E-state index in [1.165, 1.54) is 8.05 Å². The summed E-state index contributed by atoms with van der Waals surface area (Å²) in [6.45, 7) is 3.50. The summed E-state index contributed by atoms with van der Waals surface area (Å²) in [6.07, 6.45) is -0.977. The summed E-state index contributed by atoms with van der Waals surface area (Å²) in [4.78, 5) is 10.5. The zero-order valence-electron chi connectivity index (χ0n) is 5.92. The SMILES string of the molecule is BOC(=O)[C@H](O)C(C)C. The number of aliphatic hydroxyl groups excluding tert-OH is 1. The van der Waals surface area contributed by atoms with Gasteiger partial charge in [-0.3, -0.25) is 4.79 Å². The van der Waals surface area contributed by atoms with Crippen molar-refractivity contribution >= 4 is 14.0 Å². The van der Waals surface area contributed by atoms with Crippen LogP contribution < -0.4 is 0 Å². The van der Waals surface area contributed by atoms with Crippen LogP contribution >= 0.6 is 0 Å². The molecule has 0 fully saturated rings. The number of hydrogen-bond donors (Lipinski definition) is 1. The molecular formula is C5H11BO3. The molecule has 3 nitrogen and oxygen atoms in total. The average Bonchev–Trinajstić information content (AvgIpc) is 1.84. The standard InChI is InChI=1S/C5H11BO3/c1-3(2)4(7)5(8)9-6/h3-4,7H,6H2,1-2H3/t4-/m1/s1. The fraction of sp³-hybridized carbons (Fsp3) is 0.800. The van der Waals surface area contributed by atoms with E-state index in [-0.39, 0.29) is 5.92 Å². The molecule has 0 aliphatic rings. The van der Waals surface area contributed by atoms with Gasteiger partial charge < -0.3 is 9.76 Å². The second-order valence-electron chi connectivity index (χ2n) is 2.21. The Bertz CT molecular complexity index is 102. The molecule has 9 heavy (non-hydrogen) atoms. The first-order valence-electron chi connectivity index (χ1n) is 2.85. The number of carbonyl (C=O) groups is 1. The monoisotopic (exact) mass is 130 g/mol. The Hall–Kier alpha value is -0.505. The molecule has 0 amide bonds. The summed E-state index contributed by atoms with van der Waals surface area (Å²) in [5.41, 5.74) is 0. The van der Waals surface area contributed by atoms with E-state index >= 15 is 0 Å². The van der Waals surface area contributed by atoms with Crippen molar-refractivity contribution in [2.45, 2.75) is 20.0 Å². The lowest BCUT2D eigenvalue weighted by atomic mass is 10.1. The van der Waals surface area contributed by atoms with Gasteiger partial charge in [-0.05, 0) is 5.92 Å². The molecule has 0 aliphatic heterocycles. The van der Waals surface area contributed by atoms with Crippen molar-refractivity contribution in [1.82, 2.24) is 0 Å². The Kier molecular flexibility index (Phi) is 3.31. The van der Waals surface area contributed by atoms with Crippen molar-refractivity contribution in [1.29, 1.82) is 0 Å². The Morgan fingerprint density at radius 3 is 2.22 bits per heavy atom. The molecule has 0 aromatic rings. The highest BCUT2D eigenvalue weighted by molar-refractivity contribution is 6.06. The van der Waals surface area contributed by atoms with Crippen molar-refractivity contribution in [3.05, 3.63) is 0 Å². The van der Waals surface area contributed by atoms with Crippen LogP contribution in [0.5, 0.6) is 0 Å². The number of carbonyl (C=O) groups excluding carboxylic acids is 1. The highest BCUT2D eigenvalue weighted by atomic mass is 16.5. The van der Waals surface area contributed by atoms with Crippen LogP contribution in [0.25, 0.3) is 0 Å². The first-order valence-corrected chi connectivity index (χ1v) is 2.85. The lowest BCUT2D eigenvalue weighted by Gasteiger charge is -2.10. The largest absolute Gasteiger partial charge is 0.542 e. The summed E-state index contributed by atoms with van der Waals surface area (Å²) in [5.74, 6) is -0.637. The third-order valence-electron chi connectivity index (χ3n) is 1.07. The van der Waals surface area contributed by atoms with Gasteiger partial charge in [-0.2, -0.15) is 0 Å². The maximum absolute atomic E-state index is 10.5. The van der Waals surface area contributed by atoms with Crippen LogP contribution in [-0.4, -0.2) is 25.2 Å². The lowest BCUT2D eigenvalue weighted by molar-refractivity contribution is -0.145. The normalized spacial score (nSPS) is 13.3. The molecule has 0 unspecified atom stereocenters. The molecule has 0 aliphatic carbocycles. The predicted molar refractivity (Wildman–Crippen MR) is 35.5 cm³/mol. The minimum absolute atomic E-state index is 0.0718. The summed E-state index contributed by atoms with van der Waals surface area (Å²) < 4.78 is 4.28. The van der Waals surface area contributed by atoms with E-state index in [9.17, 15) is 4.79 Å². The first kappa shape index (κ1) is 8.49. The van der Waals surface area contributed by atoms with Crippen LogP contribution in [0, 0.1) is 5.92 Å². The maximum Gasteiger partial charge on any atom is 0.326 e. The summed E-state index contributed by atoms with van der Waals surface area (Å²) >= 11 is 0. The minimum Gasteiger partial charge on any atom is -0.542 e. The Morgan fingerprint density at radius 2 is 2.11 bits per heavy atom. The van der Waals surface area contributed by atoms with Crippen LogP contribution in [-0.2, 0) is 9.45 Å². The number of hydrogen-bond acceptors (Lipinski definition) is 3. The molecule has 1 N–H and O–H groups in total. The van der Waals surface area contributed by atoms with Gasteiger partial charge in [0.25, 0.3) is 0 Å². The zero-order chi connectivity index (χ0) is 7.44. The molecule has 0 saturated heterocycles. The summed E-state index contributed by atoms with van der Waals surface area (Å²) in [5, 5.41) is 8.92. The molecule has 52 valence electrons. The van der Waals surface area contributed by atoms with E-state index in [0.717, 1.165) is 0 Å². The molecule has 0 aromatic heterocycles. The first-order chi connectivity index (χ1) is 4.09. The van der Waals surface area contributed by atoms with Crippen molar-refractivity contribution in [2.75, 3.05) is 0 Å². The van der Waals surface area contributed by atoms with Crippen LogP contribution in [0.2, 0.25) is 0 Å². The van der Waals surface area contributed by atoms with E-state index in [2.05, 4.69) is 4.65 Å². The average molecular weight is 130 g/mol. The molecule has 1 atom stereocenters. The van der Waals surface area contributed by atoms with Gasteiger partial charge in [0, 0.05) is 0 Å². The highest BCUT2D eigenvalue weighted by Gasteiger charge is 2.17. The second kappa shape index (κ2) is 3.51. The van der Waals surface area contributed by atoms with Crippen LogP contribution in [0.3, 0.4) is 0 Å². The fourth-order valence-electron chi connectivity index (χ4n) is 0.393. The molecule has 0 spiro atoms. The number of rotatable bonds is 2. The van der Waals surface area contributed by atoms with Crippen molar-refractivity contribution in [3.8, 4) is 0 Å². The number of aliphatic hydroxyl groups is 1. The van der Waals surface area contributed by atoms with Gasteiger partial charge in [0.15, 0.2) is 6.10 Å². The maximum atomic E-state index is 10.5. The van der Waals surface area contributed by atoms with Crippen LogP contribution in [0.15, 0.2) is 0 Å². The summed E-state index contributed by atoms with van der Waals surface area (Å²) in [7, 11) is 1.26. The fourth-order valence-corrected chi connectivity index (χ4v) is 0.393. The van der Waals surface area contributed by atoms with Gasteiger partial charge in [0.1, 0.15) is 0 Å². The molecular weight excluding hydrogens is 119 g/mol. The molecule has 0 saturated carbocycles. The van der Waals surface area contributed by atoms with Crippen molar-refractivity contribution < 1.29 is 14.6 Å². The van der Waals surface area contributed by atoms with Gasteiger partial charge in [0.05, 0.1) is 0 Å². The Labute approximate surface area is 55.5 Å². The van der Waals surface area contributed by atoms with Crippen LogP contribution in [0.4, 0.5) is 0 Å². The van der Waals surface area contributed by atoms with E-state index < -0.39 is 12.1 Å². The topological polar surface area (TPSA) is 46.5 Å². The van der Waals surface area contributed by atoms with Gasteiger partial charge in [0.2, 0.25) is 0 Å². The molecule has 0 radical (unpaired) electrons. The third-order valence-corrected chi connectivity index (χ3v) is 1.07. The van der Waals surface area contributed by atoms with Gasteiger partial charge in [-0.25, -0.2) is 0 Å². The Balaban J connectivity index is 3.72. The molecule has 0 heterocycles. The van der Waals surface area contributed by atoms with E-state index in [1.54, 1.807) is 13.8 Å². The quantitative estimate of drug-likeness (QED) is 0.492.